The number of sulfonamides is 1. The van der Waals surface area contributed by atoms with Crippen molar-refractivity contribution in [2.45, 2.75) is 29.2 Å². The zero-order chi connectivity index (χ0) is 19.6. The molecule has 2 aromatic carbocycles. The van der Waals surface area contributed by atoms with Crippen LogP contribution in [0.15, 0.2) is 71.9 Å². The maximum absolute atomic E-state index is 13.3. The Hall–Kier alpha value is -1.93. The number of thiol groups is 1. The van der Waals surface area contributed by atoms with Gasteiger partial charge in [-0.2, -0.15) is 16.9 Å². The van der Waals surface area contributed by atoms with Gasteiger partial charge in [0, 0.05) is 43.3 Å². The molecule has 5 nitrogen and oxygen atoms in total. The molecule has 1 aromatic heterocycles. The average molecular weight is 414 g/mol. The molecule has 1 fully saturated rings. The van der Waals surface area contributed by atoms with Gasteiger partial charge in [-0.1, -0.05) is 30.3 Å². The van der Waals surface area contributed by atoms with E-state index in [-0.39, 0.29) is 11.3 Å². The topological polar surface area (TPSA) is 62.3 Å². The summed E-state index contributed by atoms with van der Waals surface area (Å²) in [6, 6.07) is 16.9. The fourth-order valence-electron chi connectivity index (χ4n) is 3.69. The van der Waals surface area contributed by atoms with Gasteiger partial charge in [0.2, 0.25) is 10.0 Å². The lowest BCUT2D eigenvalue weighted by Crippen LogP contribution is -2.41. The third-order valence-corrected chi connectivity index (χ3v) is 7.42. The summed E-state index contributed by atoms with van der Waals surface area (Å²) in [7, 11) is -3.57. The molecule has 4 rings (SSSR count). The number of rotatable bonds is 6. The molecule has 7 heteroatoms. The van der Waals surface area contributed by atoms with Crippen molar-refractivity contribution >= 4 is 33.4 Å². The second kappa shape index (κ2) is 8.21. The van der Waals surface area contributed by atoms with Crippen LogP contribution in [-0.2, 0) is 16.6 Å². The molecular weight excluding hydrogens is 390 g/mol. The Labute approximate surface area is 171 Å². The summed E-state index contributed by atoms with van der Waals surface area (Å²) in [6.07, 6.45) is 4.25. The van der Waals surface area contributed by atoms with Crippen molar-refractivity contribution < 1.29 is 8.42 Å². The van der Waals surface area contributed by atoms with E-state index in [4.69, 9.17) is 0 Å². The summed E-state index contributed by atoms with van der Waals surface area (Å²) in [6.45, 7) is 1.70. The minimum Gasteiger partial charge on any atom is -0.311 e. The van der Waals surface area contributed by atoms with Crippen molar-refractivity contribution in [1.82, 2.24) is 14.6 Å². The second-order valence-corrected chi connectivity index (χ2v) is 9.73. The monoisotopic (exact) mass is 413 g/mol. The second-order valence-electron chi connectivity index (χ2n) is 7.11. The molecule has 0 amide bonds. The largest absolute Gasteiger partial charge is 0.311 e. The highest BCUT2D eigenvalue weighted by atomic mass is 32.2. The number of nitrogens with one attached hydrogen (secondary N) is 1. The minimum atomic E-state index is -3.57. The number of aromatic nitrogens is 1. The Morgan fingerprint density at radius 1 is 1.07 bits per heavy atom. The molecule has 1 aliphatic rings. The molecule has 0 bridgehead atoms. The quantitative estimate of drug-likeness (QED) is 0.610. The number of pyridine rings is 1. The van der Waals surface area contributed by atoms with Gasteiger partial charge in [-0.25, -0.2) is 8.42 Å². The van der Waals surface area contributed by atoms with Crippen molar-refractivity contribution in [1.29, 1.82) is 0 Å². The number of nitrogens with zero attached hydrogens (tertiary/aromatic N) is 2. The Bertz CT molecular complexity index is 1060. The van der Waals surface area contributed by atoms with Gasteiger partial charge in [-0.05, 0) is 47.0 Å². The minimum absolute atomic E-state index is 0.0444. The van der Waals surface area contributed by atoms with Crippen LogP contribution in [-0.4, -0.2) is 42.1 Å². The lowest BCUT2D eigenvalue weighted by molar-refractivity contribution is 0.371. The third kappa shape index (κ3) is 4.07. The van der Waals surface area contributed by atoms with E-state index in [9.17, 15) is 8.42 Å². The highest BCUT2D eigenvalue weighted by Crippen LogP contribution is 2.30. The molecule has 0 saturated carbocycles. The molecule has 1 saturated heterocycles. The Morgan fingerprint density at radius 3 is 2.61 bits per heavy atom. The number of hydrogen-bond donors (Lipinski definition) is 2. The standard InChI is InChI=1S/C21H23N3O2S2/c25-28(26,21-6-5-17-3-1-2-4-18(17)11-21)24-15-20(27)12-19(24)14-23-13-16-7-9-22-10-8-16/h1-11,19-20,23,27H,12-15H2. The molecule has 0 aliphatic carbocycles. The summed E-state index contributed by atoms with van der Waals surface area (Å²) in [5, 5.41) is 5.39. The number of benzene rings is 2. The molecule has 146 valence electrons. The molecule has 0 radical (unpaired) electrons. The van der Waals surface area contributed by atoms with Gasteiger partial charge in [-0.3, -0.25) is 4.98 Å². The molecule has 2 atom stereocenters. The van der Waals surface area contributed by atoms with Crippen molar-refractivity contribution in [3.63, 3.8) is 0 Å². The lowest BCUT2D eigenvalue weighted by Gasteiger charge is -2.24. The zero-order valence-electron chi connectivity index (χ0n) is 15.4. The highest BCUT2D eigenvalue weighted by Gasteiger charge is 2.38. The van der Waals surface area contributed by atoms with Gasteiger partial charge in [-0.15, -0.1) is 0 Å². The van der Waals surface area contributed by atoms with Crippen LogP contribution in [0.3, 0.4) is 0 Å². The molecule has 1 aliphatic heterocycles. The zero-order valence-corrected chi connectivity index (χ0v) is 17.1. The lowest BCUT2D eigenvalue weighted by atomic mass is 10.1. The normalized spacial score (nSPS) is 20.6. The highest BCUT2D eigenvalue weighted by molar-refractivity contribution is 7.89. The number of hydrogen-bond acceptors (Lipinski definition) is 5. The van der Waals surface area contributed by atoms with Gasteiger partial charge < -0.3 is 5.32 Å². The average Bonchev–Trinajstić information content (AvgIpc) is 3.10. The first-order valence-corrected chi connectivity index (χ1v) is 11.3. The summed E-state index contributed by atoms with van der Waals surface area (Å²) in [4.78, 5) is 4.36. The third-order valence-electron chi connectivity index (χ3n) is 5.13. The van der Waals surface area contributed by atoms with Gasteiger partial charge in [0.05, 0.1) is 4.90 Å². The Morgan fingerprint density at radius 2 is 1.82 bits per heavy atom. The van der Waals surface area contributed by atoms with E-state index in [1.165, 1.54) is 0 Å². The van der Waals surface area contributed by atoms with Crippen LogP contribution in [0.5, 0.6) is 0 Å². The van der Waals surface area contributed by atoms with Crippen molar-refractivity contribution in [3.8, 4) is 0 Å². The van der Waals surface area contributed by atoms with E-state index in [1.807, 2.05) is 42.5 Å². The van der Waals surface area contributed by atoms with E-state index in [1.54, 1.807) is 28.8 Å². The van der Waals surface area contributed by atoms with Gasteiger partial charge in [0.15, 0.2) is 0 Å². The summed E-state index contributed by atoms with van der Waals surface area (Å²) in [5.41, 5.74) is 1.12. The predicted molar refractivity (Wildman–Crippen MR) is 115 cm³/mol. The smallest absolute Gasteiger partial charge is 0.243 e. The molecule has 2 heterocycles. The van der Waals surface area contributed by atoms with Crippen LogP contribution in [0, 0.1) is 0 Å². The van der Waals surface area contributed by atoms with Crippen LogP contribution in [0.25, 0.3) is 10.8 Å². The number of fused-ring (bicyclic) bond motifs is 1. The Balaban J connectivity index is 1.52. The Kier molecular flexibility index (Phi) is 5.68. The van der Waals surface area contributed by atoms with E-state index < -0.39 is 10.0 Å². The summed E-state index contributed by atoms with van der Waals surface area (Å²) < 4.78 is 28.3. The van der Waals surface area contributed by atoms with Gasteiger partial charge in [0.25, 0.3) is 0 Å². The van der Waals surface area contributed by atoms with Crippen LogP contribution < -0.4 is 5.32 Å². The molecule has 2 unspecified atom stereocenters. The summed E-state index contributed by atoms with van der Waals surface area (Å²) >= 11 is 4.56. The molecule has 0 spiro atoms. The van der Waals surface area contributed by atoms with Crippen LogP contribution >= 0.6 is 12.6 Å². The maximum atomic E-state index is 13.3. The van der Waals surface area contributed by atoms with E-state index >= 15 is 0 Å². The van der Waals surface area contributed by atoms with E-state index in [2.05, 4.69) is 22.9 Å². The van der Waals surface area contributed by atoms with Crippen LogP contribution in [0.2, 0.25) is 0 Å². The first-order chi connectivity index (χ1) is 13.5. The molecular formula is C21H23N3O2S2. The molecule has 3 aromatic rings. The molecule has 1 N–H and O–H groups in total. The van der Waals surface area contributed by atoms with Crippen LogP contribution in [0.4, 0.5) is 0 Å². The first kappa shape index (κ1) is 19.4. The van der Waals surface area contributed by atoms with Gasteiger partial charge in [0.1, 0.15) is 0 Å². The van der Waals surface area contributed by atoms with E-state index in [0.717, 1.165) is 22.8 Å². The summed E-state index contributed by atoms with van der Waals surface area (Å²) in [5.74, 6) is 0. The first-order valence-electron chi connectivity index (χ1n) is 9.32. The van der Waals surface area contributed by atoms with Crippen molar-refractivity contribution in [3.05, 3.63) is 72.6 Å². The van der Waals surface area contributed by atoms with E-state index in [0.29, 0.717) is 24.5 Å². The van der Waals surface area contributed by atoms with Gasteiger partial charge >= 0.3 is 0 Å². The van der Waals surface area contributed by atoms with Crippen LogP contribution in [0.1, 0.15) is 12.0 Å². The fraction of sp³-hybridized carbons (Fsp3) is 0.286. The SMILES string of the molecule is O=S(=O)(c1ccc2ccccc2c1)N1CC(S)CC1CNCc1ccncc1. The van der Waals surface area contributed by atoms with Crippen molar-refractivity contribution in [2.24, 2.45) is 0 Å². The molecule has 28 heavy (non-hydrogen) atoms. The fourth-order valence-corrected chi connectivity index (χ4v) is 5.94. The maximum Gasteiger partial charge on any atom is 0.243 e. The van der Waals surface area contributed by atoms with Crippen molar-refractivity contribution in [2.75, 3.05) is 13.1 Å². The predicted octanol–water partition coefficient (Wildman–Crippen LogP) is 3.09.